The first-order valence-electron chi connectivity index (χ1n) is 2.68. The smallest absolute Gasteiger partial charge is 0.286 e. The molecule has 6 nitrogen and oxygen atoms in total. The van der Waals surface area contributed by atoms with Gasteiger partial charge in [-0.05, 0) is 0 Å². The van der Waals surface area contributed by atoms with Crippen LogP contribution in [0.15, 0.2) is 0 Å². The van der Waals surface area contributed by atoms with Gasteiger partial charge in [0.05, 0.1) is 5.75 Å². The molecule has 0 spiro atoms. The topological polar surface area (TPSA) is 109 Å². The van der Waals surface area contributed by atoms with Crippen LogP contribution in [0.1, 0.15) is 6.42 Å². The highest BCUT2D eigenvalue weighted by molar-refractivity contribution is 7.87. The maximum Gasteiger partial charge on any atom is 0.297 e. The summed E-state index contributed by atoms with van der Waals surface area (Å²) in [7, 11) is -9.26. The highest BCUT2D eigenvalue weighted by Gasteiger charge is 2.23. The molecule has 0 saturated carbocycles. The van der Waals surface area contributed by atoms with Gasteiger partial charge in [0.15, 0.2) is 0 Å². The second kappa shape index (κ2) is 3.64. The minimum absolute atomic E-state index is 0.988. The summed E-state index contributed by atoms with van der Waals surface area (Å²) in [5.74, 6) is -1.05. The Morgan fingerprint density at radius 1 is 1.17 bits per heavy atom. The molecule has 12 heavy (non-hydrogen) atoms. The van der Waals surface area contributed by atoms with Crippen LogP contribution in [0.3, 0.4) is 0 Å². The van der Waals surface area contributed by atoms with Crippen LogP contribution in [0.5, 0.6) is 0 Å². The Kier molecular flexibility index (Phi) is 3.57. The summed E-state index contributed by atoms with van der Waals surface area (Å²) < 4.78 is 68.1. The van der Waals surface area contributed by atoms with Crippen molar-refractivity contribution in [3.8, 4) is 0 Å². The van der Waals surface area contributed by atoms with Crippen LogP contribution in [-0.2, 0) is 20.2 Å². The van der Waals surface area contributed by atoms with Crippen LogP contribution in [0, 0.1) is 0 Å². The van der Waals surface area contributed by atoms with E-state index in [2.05, 4.69) is 0 Å². The molecular weight excluding hydrogens is 215 g/mol. The van der Waals surface area contributed by atoms with Gasteiger partial charge in [0, 0.05) is 6.42 Å². The molecule has 0 bridgehead atoms. The average molecular weight is 222 g/mol. The Labute approximate surface area is 68.9 Å². The van der Waals surface area contributed by atoms with Gasteiger partial charge in [-0.15, -0.1) is 0 Å². The lowest BCUT2D eigenvalue weighted by Gasteiger charge is -2.01. The predicted octanol–water partition coefficient (Wildman–Crippen LogP) is -0.552. The standard InChI is InChI=1S/C3H7FO6S2/c4-3(12(8,9)10)1-2-11(5,6)7/h3H,1-2H2,(H,5,6,7)(H,8,9,10). The van der Waals surface area contributed by atoms with Gasteiger partial charge in [-0.3, -0.25) is 9.11 Å². The van der Waals surface area contributed by atoms with E-state index in [1.54, 1.807) is 0 Å². The highest BCUT2D eigenvalue weighted by Crippen LogP contribution is 2.06. The zero-order valence-corrected chi connectivity index (χ0v) is 7.35. The highest BCUT2D eigenvalue weighted by atomic mass is 32.2. The van der Waals surface area contributed by atoms with Gasteiger partial charge in [0.2, 0.25) is 5.50 Å². The number of halogens is 1. The van der Waals surface area contributed by atoms with Crippen LogP contribution in [0.2, 0.25) is 0 Å². The van der Waals surface area contributed by atoms with Gasteiger partial charge in [-0.1, -0.05) is 0 Å². The molecule has 1 atom stereocenters. The molecule has 0 aliphatic heterocycles. The minimum Gasteiger partial charge on any atom is -0.286 e. The quantitative estimate of drug-likeness (QED) is 0.617. The van der Waals surface area contributed by atoms with Gasteiger partial charge in [0.25, 0.3) is 20.2 Å². The third-order valence-electron chi connectivity index (χ3n) is 0.926. The van der Waals surface area contributed by atoms with Gasteiger partial charge in [-0.2, -0.15) is 16.8 Å². The van der Waals surface area contributed by atoms with Crippen molar-refractivity contribution >= 4 is 20.2 Å². The molecule has 1 unspecified atom stereocenters. The van der Waals surface area contributed by atoms with Crippen molar-refractivity contribution in [2.45, 2.75) is 11.9 Å². The van der Waals surface area contributed by atoms with E-state index in [1.807, 2.05) is 0 Å². The van der Waals surface area contributed by atoms with E-state index in [0.29, 0.717) is 0 Å². The summed E-state index contributed by atoms with van der Waals surface area (Å²) in [6.07, 6.45) is -0.988. The second-order valence-electron chi connectivity index (χ2n) is 2.00. The molecule has 0 aromatic carbocycles. The van der Waals surface area contributed by atoms with Crippen molar-refractivity contribution in [3.05, 3.63) is 0 Å². The number of hydrogen-bond acceptors (Lipinski definition) is 4. The van der Waals surface area contributed by atoms with E-state index in [9.17, 15) is 21.2 Å². The molecule has 0 fully saturated rings. The van der Waals surface area contributed by atoms with Crippen molar-refractivity contribution in [2.24, 2.45) is 0 Å². The molecular formula is C3H7FO6S2. The molecule has 9 heteroatoms. The largest absolute Gasteiger partial charge is 0.297 e. The summed E-state index contributed by atoms with van der Waals surface area (Å²) in [5, 5.41) is 0. The molecule has 0 radical (unpaired) electrons. The first-order chi connectivity index (χ1) is 5.13. The lowest BCUT2D eigenvalue weighted by Crippen LogP contribution is -2.19. The lowest BCUT2D eigenvalue weighted by molar-refractivity contribution is 0.364. The predicted molar refractivity (Wildman–Crippen MR) is 37.5 cm³/mol. The van der Waals surface area contributed by atoms with Gasteiger partial charge in [0.1, 0.15) is 0 Å². The third kappa shape index (κ3) is 5.41. The van der Waals surface area contributed by atoms with E-state index in [0.717, 1.165) is 0 Å². The molecule has 2 N–H and O–H groups in total. The zero-order valence-electron chi connectivity index (χ0n) is 5.71. The van der Waals surface area contributed by atoms with E-state index in [1.165, 1.54) is 0 Å². The summed E-state index contributed by atoms with van der Waals surface area (Å²) in [4.78, 5) is 0. The molecule has 0 aliphatic rings. The van der Waals surface area contributed by atoms with Gasteiger partial charge in [-0.25, -0.2) is 4.39 Å². The van der Waals surface area contributed by atoms with Crippen LogP contribution in [0.4, 0.5) is 4.39 Å². The van der Waals surface area contributed by atoms with Crippen molar-refractivity contribution in [1.29, 1.82) is 0 Å². The molecule has 0 rings (SSSR count). The van der Waals surface area contributed by atoms with Crippen LogP contribution in [-0.4, -0.2) is 37.2 Å². The maximum atomic E-state index is 12.2. The summed E-state index contributed by atoms with van der Waals surface area (Å²) in [6, 6.07) is 0. The first kappa shape index (κ1) is 11.8. The minimum atomic E-state index is -4.87. The third-order valence-corrected chi connectivity index (χ3v) is 2.56. The summed E-state index contributed by atoms with van der Waals surface area (Å²) >= 11 is 0. The van der Waals surface area contributed by atoms with Crippen molar-refractivity contribution < 1.29 is 30.3 Å². The molecule has 0 aromatic rings. The average Bonchev–Trinajstić information content (AvgIpc) is 1.78. The fraction of sp³-hybridized carbons (Fsp3) is 1.00. The first-order valence-corrected chi connectivity index (χ1v) is 5.80. The summed E-state index contributed by atoms with van der Waals surface area (Å²) in [6.45, 7) is 0. The van der Waals surface area contributed by atoms with Gasteiger partial charge < -0.3 is 0 Å². The number of hydrogen-bond donors (Lipinski definition) is 2. The van der Waals surface area contributed by atoms with Crippen molar-refractivity contribution in [1.82, 2.24) is 0 Å². The molecule has 0 aromatic heterocycles. The molecule has 0 heterocycles. The fourth-order valence-corrected chi connectivity index (χ4v) is 1.46. The van der Waals surface area contributed by atoms with Gasteiger partial charge >= 0.3 is 0 Å². The summed E-state index contributed by atoms with van der Waals surface area (Å²) in [5.41, 5.74) is -2.68. The lowest BCUT2D eigenvalue weighted by atomic mass is 10.5. The Morgan fingerprint density at radius 3 is 1.83 bits per heavy atom. The van der Waals surface area contributed by atoms with Crippen LogP contribution >= 0.6 is 0 Å². The molecule has 0 saturated heterocycles. The van der Waals surface area contributed by atoms with E-state index in [4.69, 9.17) is 9.11 Å². The number of alkyl halides is 1. The van der Waals surface area contributed by atoms with E-state index in [-0.39, 0.29) is 0 Å². The molecule has 0 amide bonds. The number of rotatable bonds is 4. The SMILES string of the molecule is O=S(=O)(O)CCC(F)S(=O)(=O)O. The Hall–Kier alpha value is -0.250. The van der Waals surface area contributed by atoms with Crippen molar-refractivity contribution in [2.75, 3.05) is 5.75 Å². The zero-order chi connectivity index (χ0) is 9.99. The molecule has 74 valence electrons. The van der Waals surface area contributed by atoms with E-state index < -0.39 is 37.9 Å². The van der Waals surface area contributed by atoms with E-state index >= 15 is 0 Å². The fourth-order valence-electron chi connectivity index (χ4n) is 0.391. The molecule has 0 aliphatic carbocycles. The second-order valence-corrected chi connectivity index (χ2v) is 5.11. The Balaban J connectivity index is 4.16. The van der Waals surface area contributed by atoms with Crippen molar-refractivity contribution in [3.63, 3.8) is 0 Å². The van der Waals surface area contributed by atoms with Crippen LogP contribution < -0.4 is 0 Å². The maximum absolute atomic E-state index is 12.2. The Morgan fingerprint density at radius 2 is 1.58 bits per heavy atom. The normalized spacial score (nSPS) is 15.9. The van der Waals surface area contributed by atoms with Crippen LogP contribution in [0.25, 0.3) is 0 Å². The Bertz CT molecular complexity index is 328. The monoisotopic (exact) mass is 222 g/mol.